The molecule has 0 spiro atoms. The van der Waals surface area contributed by atoms with Crippen LogP contribution < -0.4 is 11.1 Å². The molecule has 0 aliphatic rings. The molecule has 6 heteroatoms. The molecule has 0 aliphatic carbocycles. The number of hydrogen-bond acceptors (Lipinski definition) is 3. The molecule has 100 valence electrons. The molecule has 0 saturated carbocycles. The first-order valence-corrected chi connectivity index (χ1v) is 6.31. The van der Waals surface area contributed by atoms with Gasteiger partial charge in [-0.3, -0.25) is 9.89 Å². The van der Waals surface area contributed by atoms with Crippen LogP contribution in [0.5, 0.6) is 0 Å². The van der Waals surface area contributed by atoms with Crippen LogP contribution in [0.25, 0.3) is 10.9 Å². The molecule has 1 heterocycles. The number of nitrogen functional groups attached to an aromatic ring is 1. The van der Waals surface area contributed by atoms with Crippen molar-refractivity contribution in [1.29, 1.82) is 0 Å². The molecule has 0 unspecified atom stereocenters. The number of carbonyl (C=O) groups excluding carboxylic acids is 1. The zero-order valence-electron chi connectivity index (χ0n) is 10.4. The zero-order chi connectivity index (χ0) is 14.1. The predicted molar refractivity (Wildman–Crippen MR) is 79.9 cm³/mol. The molecule has 0 bridgehead atoms. The molecule has 1 amide bonds. The topological polar surface area (TPSA) is 83.8 Å². The average molecular weight is 287 g/mol. The number of H-pyrrole nitrogens is 1. The Kier molecular flexibility index (Phi) is 3.04. The number of amides is 1. The van der Waals surface area contributed by atoms with Crippen molar-refractivity contribution in [3.63, 3.8) is 0 Å². The van der Waals surface area contributed by atoms with Gasteiger partial charge < -0.3 is 11.1 Å². The molecular formula is C14H11ClN4O. The van der Waals surface area contributed by atoms with E-state index in [9.17, 15) is 4.79 Å². The van der Waals surface area contributed by atoms with Crippen LogP contribution in [0.2, 0.25) is 5.02 Å². The van der Waals surface area contributed by atoms with Gasteiger partial charge in [-0.2, -0.15) is 5.10 Å². The third-order valence-corrected chi connectivity index (χ3v) is 3.29. The third-order valence-electron chi connectivity index (χ3n) is 2.96. The maximum atomic E-state index is 12.1. The van der Waals surface area contributed by atoms with Crippen LogP contribution >= 0.6 is 11.6 Å². The second kappa shape index (κ2) is 4.86. The summed E-state index contributed by atoms with van der Waals surface area (Å²) in [5, 5.41) is 10.9. The summed E-state index contributed by atoms with van der Waals surface area (Å²) in [4.78, 5) is 12.1. The number of hydrogen-bond donors (Lipinski definition) is 3. The van der Waals surface area contributed by atoms with Gasteiger partial charge in [0.2, 0.25) is 0 Å². The van der Waals surface area contributed by atoms with Crippen molar-refractivity contribution in [2.45, 2.75) is 0 Å². The van der Waals surface area contributed by atoms with Crippen LogP contribution in [0, 0.1) is 0 Å². The largest absolute Gasteiger partial charge is 0.398 e. The summed E-state index contributed by atoms with van der Waals surface area (Å²) in [6.45, 7) is 0. The molecule has 3 aromatic rings. The number of rotatable bonds is 2. The molecule has 0 atom stereocenters. The van der Waals surface area contributed by atoms with Crippen molar-refractivity contribution in [2.24, 2.45) is 0 Å². The summed E-state index contributed by atoms with van der Waals surface area (Å²) < 4.78 is 0. The number of nitrogens with zero attached hydrogens (tertiary/aromatic N) is 1. The van der Waals surface area contributed by atoms with E-state index in [2.05, 4.69) is 15.5 Å². The lowest BCUT2D eigenvalue weighted by Crippen LogP contribution is -2.11. The Labute approximate surface area is 119 Å². The quantitative estimate of drug-likeness (QED) is 0.633. The number of benzene rings is 2. The second-order valence-electron chi connectivity index (χ2n) is 4.36. The Morgan fingerprint density at radius 1 is 1.25 bits per heavy atom. The van der Waals surface area contributed by atoms with E-state index in [4.69, 9.17) is 17.3 Å². The lowest BCUT2D eigenvalue weighted by molar-refractivity contribution is 0.102. The van der Waals surface area contributed by atoms with Gasteiger partial charge in [0, 0.05) is 16.6 Å². The van der Waals surface area contributed by atoms with E-state index in [1.807, 2.05) is 18.2 Å². The highest BCUT2D eigenvalue weighted by Gasteiger charge is 2.08. The molecule has 3 rings (SSSR count). The Hall–Kier alpha value is -2.53. The smallest absolute Gasteiger partial charge is 0.255 e. The number of anilines is 2. The molecule has 5 nitrogen and oxygen atoms in total. The second-order valence-corrected chi connectivity index (χ2v) is 4.77. The standard InChI is InChI=1S/C14H11ClN4O/c15-11-5-8(2-4-12(11)16)14(20)18-10-3-1-9-7-17-19-13(9)6-10/h1-7H,16H2,(H,17,19)(H,18,20). The van der Waals surface area contributed by atoms with Crippen LogP contribution in [0.15, 0.2) is 42.6 Å². The van der Waals surface area contributed by atoms with Gasteiger partial charge in [0.25, 0.3) is 5.91 Å². The van der Waals surface area contributed by atoms with E-state index in [1.165, 1.54) is 0 Å². The monoisotopic (exact) mass is 286 g/mol. The van der Waals surface area contributed by atoms with Crippen molar-refractivity contribution in [3.8, 4) is 0 Å². The van der Waals surface area contributed by atoms with E-state index in [0.717, 1.165) is 10.9 Å². The Morgan fingerprint density at radius 3 is 2.90 bits per heavy atom. The maximum absolute atomic E-state index is 12.1. The number of carbonyl (C=O) groups is 1. The van der Waals surface area contributed by atoms with Gasteiger partial charge in [-0.25, -0.2) is 0 Å². The first-order valence-electron chi connectivity index (χ1n) is 5.93. The summed E-state index contributed by atoms with van der Waals surface area (Å²) in [5.74, 6) is -0.245. The van der Waals surface area contributed by atoms with Gasteiger partial charge in [-0.05, 0) is 36.4 Å². The number of aromatic amines is 1. The zero-order valence-corrected chi connectivity index (χ0v) is 11.1. The highest BCUT2D eigenvalue weighted by molar-refractivity contribution is 6.33. The molecule has 20 heavy (non-hydrogen) atoms. The van der Waals surface area contributed by atoms with Gasteiger partial charge in [-0.15, -0.1) is 0 Å². The maximum Gasteiger partial charge on any atom is 0.255 e. The van der Waals surface area contributed by atoms with Crippen molar-refractivity contribution < 1.29 is 4.79 Å². The molecule has 2 aromatic carbocycles. The van der Waals surface area contributed by atoms with E-state index < -0.39 is 0 Å². The highest BCUT2D eigenvalue weighted by atomic mass is 35.5. The van der Waals surface area contributed by atoms with Gasteiger partial charge in [-0.1, -0.05) is 11.6 Å². The number of nitrogens with two attached hydrogens (primary N) is 1. The first kappa shape index (κ1) is 12.5. The van der Waals surface area contributed by atoms with Crippen LogP contribution in [0.3, 0.4) is 0 Å². The molecule has 0 radical (unpaired) electrons. The van der Waals surface area contributed by atoms with Gasteiger partial charge in [0.05, 0.1) is 22.4 Å². The van der Waals surface area contributed by atoms with Crippen molar-refractivity contribution in [2.75, 3.05) is 11.1 Å². The number of halogens is 1. The molecule has 4 N–H and O–H groups in total. The summed E-state index contributed by atoms with van der Waals surface area (Å²) in [6.07, 6.45) is 1.72. The summed E-state index contributed by atoms with van der Waals surface area (Å²) in [5.41, 5.74) is 8.06. The Balaban J connectivity index is 1.85. The Bertz CT molecular complexity index is 797. The summed E-state index contributed by atoms with van der Waals surface area (Å²) >= 11 is 5.91. The molecule has 0 saturated heterocycles. The van der Waals surface area contributed by atoms with E-state index in [-0.39, 0.29) is 5.91 Å². The minimum Gasteiger partial charge on any atom is -0.398 e. The predicted octanol–water partition coefficient (Wildman–Crippen LogP) is 3.05. The third kappa shape index (κ3) is 2.31. The molecule has 1 aromatic heterocycles. The minimum absolute atomic E-state index is 0.245. The van der Waals surface area contributed by atoms with Gasteiger partial charge in [0.15, 0.2) is 0 Å². The van der Waals surface area contributed by atoms with E-state index in [1.54, 1.807) is 24.4 Å². The minimum atomic E-state index is -0.245. The fourth-order valence-corrected chi connectivity index (χ4v) is 2.07. The van der Waals surface area contributed by atoms with Gasteiger partial charge >= 0.3 is 0 Å². The fourth-order valence-electron chi connectivity index (χ4n) is 1.89. The van der Waals surface area contributed by atoms with Crippen molar-refractivity contribution in [3.05, 3.63) is 53.2 Å². The fraction of sp³-hybridized carbons (Fsp3) is 0. The summed E-state index contributed by atoms with van der Waals surface area (Å²) in [6, 6.07) is 10.3. The number of aromatic nitrogens is 2. The molecule has 0 fully saturated rings. The van der Waals surface area contributed by atoms with E-state index in [0.29, 0.717) is 22.0 Å². The first-order chi connectivity index (χ1) is 9.63. The highest BCUT2D eigenvalue weighted by Crippen LogP contribution is 2.21. The lowest BCUT2D eigenvalue weighted by Gasteiger charge is -2.06. The lowest BCUT2D eigenvalue weighted by atomic mass is 10.2. The summed E-state index contributed by atoms with van der Waals surface area (Å²) in [7, 11) is 0. The van der Waals surface area contributed by atoms with Crippen LogP contribution in [-0.4, -0.2) is 16.1 Å². The van der Waals surface area contributed by atoms with Crippen LogP contribution in [-0.2, 0) is 0 Å². The molecular weight excluding hydrogens is 276 g/mol. The normalized spacial score (nSPS) is 10.7. The van der Waals surface area contributed by atoms with E-state index >= 15 is 0 Å². The number of fused-ring (bicyclic) bond motifs is 1. The SMILES string of the molecule is Nc1ccc(C(=O)Nc2ccc3cn[nH]c3c2)cc1Cl. The number of nitrogens with one attached hydrogen (secondary N) is 2. The van der Waals surface area contributed by atoms with Gasteiger partial charge in [0.1, 0.15) is 0 Å². The Morgan fingerprint density at radius 2 is 2.10 bits per heavy atom. The van der Waals surface area contributed by atoms with Crippen molar-refractivity contribution >= 4 is 39.8 Å². The average Bonchev–Trinajstić information content (AvgIpc) is 2.89. The van der Waals surface area contributed by atoms with Crippen molar-refractivity contribution in [1.82, 2.24) is 10.2 Å². The van der Waals surface area contributed by atoms with Crippen LogP contribution in [0.4, 0.5) is 11.4 Å². The molecule has 0 aliphatic heterocycles. The van der Waals surface area contributed by atoms with Crippen LogP contribution in [0.1, 0.15) is 10.4 Å².